The maximum atomic E-state index is 12.1. The van der Waals surface area contributed by atoms with Gasteiger partial charge in [0, 0.05) is 0 Å². The Bertz CT molecular complexity index is 529. The summed E-state index contributed by atoms with van der Waals surface area (Å²) in [5.74, 6) is 0.724. The van der Waals surface area contributed by atoms with Gasteiger partial charge in [0.2, 0.25) is 0 Å². The van der Waals surface area contributed by atoms with Crippen molar-refractivity contribution in [1.29, 1.82) is 0 Å². The Balaban J connectivity index is 0.00000961. The molecule has 0 aliphatic rings. The van der Waals surface area contributed by atoms with E-state index in [1.165, 1.54) is 89.9 Å². The summed E-state index contributed by atoms with van der Waals surface area (Å²) in [5.41, 5.74) is 2.25. The van der Waals surface area contributed by atoms with Crippen LogP contribution in [0.15, 0.2) is 18.2 Å². The monoisotopic (exact) mass is 548 g/mol. The number of rotatable bonds is 20. The molecule has 1 rings (SSSR count). The van der Waals surface area contributed by atoms with Gasteiger partial charge in [0.25, 0.3) is 0 Å². The molecular weight excluding hydrogens is 505 g/mol. The Morgan fingerprint density at radius 2 is 1.00 bits per heavy atom. The van der Waals surface area contributed by atoms with Crippen LogP contribution in [0.3, 0.4) is 0 Å². The molecule has 32 heavy (non-hydrogen) atoms. The van der Waals surface area contributed by atoms with Gasteiger partial charge in [-0.25, -0.2) is 0 Å². The van der Waals surface area contributed by atoms with Gasteiger partial charge in [-0.05, 0) is 36.8 Å². The molecular formula is C26H45O2PS2Zn. The Hall–Kier alpha value is 0.733. The fourth-order valence-electron chi connectivity index (χ4n) is 4.16. The summed E-state index contributed by atoms with van der Waals surface area (Å²) in [6.45, 7) is 4.51. The normalized spacial score (nSPS) is 11.4. The van der Waals surface area contributed by atoms with Gasteiger partial charge in [0.1, 0.15) is 0 Å². The number of para-hydroxylation sites is 1. The molecule has 0 N–H and O–H groups in total. The van der Waals surface area contributed by atoms with E-state index in [1.54, 1.807) is 0 Å². The first-order valence-electron chi connectivity index (χ1n) is 12.8. The zero-order valence-electron chi connectivity index (χ0n) is 20.7. The molecule has 0 atom stereocenters. The Kier molecular flexibility index (Phi) is 21.5. The maximum absolute atomic E-state index is 12.1. The molecule has 0 radical (unpaired) electrons. The van der Waals surface area contributed by atoms with E-state index < -0.39 is 6.12 Å². The molecule has 0 fully saturated rings. The first kappa shape index (κ1) is 32.7. The van der Waals surface area contributed by atoms with E-state index in [9.17, 15) is 4.89 Å². The van der Waals surface area contributed by atoms with Gasteiger partial charge in [-0.1, -0.05) is 122 Å². The molecule has 1 aromatic carbocycles. The van der Waals surface area contributed by atoms with Crippen molar-refractivity contribution in [2.45, 2.75) is 129 Å². The van der Waals surface area contributed by atoms with E-state index in [-0.39, 0.29) is 19.5 Å². The van der Waals surface area contributed by atoms with Crippen LogP contribution in [0.5, 0.6) is 5.75 Å². The van der Waals surface area contributed by atoms with Gasteiger partial charge in [-0.2, -0.15) is 0 Å². The van der Waals surface area contributed by atoms with Crippen LogP contribution in [0.1, 0.15) is 128 Å². The summed E-state index contributed by atoms with van der Waals surface area (Å²) in [6, 6.07) is 6.28. The maximum Gasteiger partial charge on any atom is 2.00 e. The number of aryl methyl sites for hydroxylation is 2. The number of benzene rings is 1. The third kappa shape index (κ3) is 17.2. The van der Waals surface area contributed by atoms with Gasteiger partial charge in [0.15, 0.2) is 5.75 Å². The van der Waals surface area contributed by atoms with Crippen molar-refractivity contribution in [1.82, 2.24) is 0 Å². The van der Waals surface area contributed by atoms with E-state index >= 15 is 0 Å². The fraction of sp³-hybridized carbons (Fsp3) is 0.769. The third-order valence-electron chi connectivity index (χ3n) is 5.98. The van der Waals surface area contributed by atoms with Crippen LogP contribution in [0.4, 0.5) is 0 Å². The second kappa shape index (κ2) is 21.1. The molecule has 0 aliphatic carbocycles. The Morgan fingerprint density at radius 3 is 1.34 bits per heavy atom. The molecule has 0 bridgehead atoms. The molecule has 6 heteroatoms. The SMILES string of the molecule is CCCCCCCCCCc1cccc(CCCCCCCCCC)c1O[P+]([O-])([S-])[S-].[Zn+2]. The molecule has 1 aromatic rings. The van der Waals surface area contributed by atoms with Crippen LogP contribution in [0.2, 0.25) is 0 Å². The van der Waals surface area contributed by atoms with Crippen LogP contribution >= 0.6 is 6.12 Å². The molecule has 0 saturated carbocycles. The van der Waals surface area contributed by atoms with Crippen molar-refractivity contribution in [3.63, 3.8) is 0 Å². The van der Waals surface area contributed by atoms with Gasteiger partial charge in [0.05, 0.1) is 0 Å². The average molecular weight is 550 g/mol. The number of hydrogen-bond acceptors (Lipinski definition) is 4. The van der Waals surface area contributed by atoms with E-state index in [0.717, 1.165) is 42.6 Å². The Morgan fingerprint density at radius 1 is 0.656 bits per heavy atom. The molecule has 0 unspecified atom stereocenters. The van der Waals surface area contributed by atoms with Gasteiger partial charge >= 0.3 is 19.5 Å². The van der Waals surface area contributed by atoms with Crippen LogP contribution < -0.4 is 9.42 Å². The molecule has 0 saturated heterocycles. The van der Waals surface area contributed by atoms with E-state index in [1.807, 2.05) is 0 Å². The summed E-state index contributed by atoms with van der Waals surface area (Å²) in [4.78, 5) is 12.1. The smallest absolute Gasteiger partial charge is 0.682 e. The van der Waals surface area contributed by atoms with E-state index in [4.69, 9.17) is 29.0 Å². The van der Waals surface area contributed by atoms with Crippen molar-refractivity contribution in [3.05, 3.63) is 29.3 Å². The van der Waals surface area contributed by atoms with Crippen LogP contribution in [-0.4, -0.2) is 0 Å². The molecule has 0 amide bonds. The van der Waals surface area contributed by atoms with Crippen molar-refractivity contribution in [3.8, 4) is 5.75 Å². The molecule has 0 aromatic heterocycles. The zero-order valence-corrected chi connectivity index (χ0v) is 26.2. The molecule has 180 valence electrons. The number of hydrogen-bond donors (Lipinski definition) is 0. The fourth-order valence-corrected chi connectivity index (χ4v) is 5.06. The van der Waals surface area contributed by atoms with Crippen molar-refractivity contribution < 1.29 is 28.9 Å². The summed E-state index contributed by atoms with van der Waals surface area (Å²) < 4.78 is 5.69. The topological polar surface area (TPSA) is 32.3 Å². The summed E-state index contributed by atoms with van der Waals surface area (Å²) in [5, 5.41) is 0. The summed E-state index contributed by atoms with van der Waals surface area (Å²) in [6.07, 6.45) is 19.2. The van der Waals surface area contributed by atoms with Gasteiger partial charge in [-0.3, -0.25) is 0 Å². The zero-order chi connectivity index (χ0) is 22.8. The van der Waals surface area contributed by atoms with E-state index in [2.05, 4.69) is 32.0 Å². The number of unbranched alkanes of at least 4 members (excludes halogenated alkanes) is 14. The first-order chi connectivity index (χ1) is 15.0. The van der Waals surface area contributed by atoms with Crippen LogP contribution in [0, 0.1) is 0 Å². The predicted octanol–water partition coefficient (Wildman–Crippen LogP) is 8.56. The summed E-state index contributed by atoms with van der Waals surface area (Å²) in [7, 11) is 0. The average Bonchev–Trinajstić information content (AvgIpc) is 2.72. The molecule has 0 heterocycles. The van der Waals surface area contributed by atoms with Gasteiger partial charge < -0.3 is 33.9 Å². The van der Waals surface area contributed by atoms with E-state index in [0.29, 0.717) is 0 Å². The van der Waals surface area contributed by atoms with Crippen LogP contribution in [0.25, 0.3) is 0 Å². The largest absolute Gasteiger partial charge is 2.00 e. The third-order valence-corrected chi connectivity index (χ3v) is 6.83. The predicted molar refractivity (Wildman–Crippen MR) is 141 cm³/mol. The second-order valence-corrected chi connectivity index (χ2v) is 13.5. The first-order valence-corrected chi connectivity index (χ1v) is 16.5. The van der Waals surface area contributed by atoms with Crippen molar-refractivity contribution in [2.75, 3.05) is 0 Å². The quantitative estimate of drug-likeness (QED) is 0.0705. The van der Waals surface area contributed by atoms with Gasteiger partial charge in [-0.15, -0.1) is 6.12 Å². The molecule has 0 aliphatic heterocycles. The molecule has 2 nitrogen and oxygen atoms in total. The van der Waals surface area contributed by atoms with Crippen LogP contribution in [-0.2, 0) is 56.8 Å². The Labute approximate surface area is 223 Å². The minimum atomic E-state index is -3.40. The minimum Gasteiger partial charge on any atom is -0.682 e. The minimum absolute atomic E-state index is 0. The summed E-state index contributed by atoms with van der Waals surface area (Å²) >= 11 is 9.89. The standard InChI is InChI=1S/C26H47O2PS2.Zn/c1-3-5-7-9-11-13-15-17-20-24-22-19-23-25(26(24)28-29(27,30)31)21-18-16-14-12-10-8-6-4-2;/h19,22-23H,3-18,20-21H2,1-2H3,(H2,27,30,31);/q;+2/p-2. The van der Waals surface area contributed by atoms with Crippen molar-refractivity contribution in [2.24, 2.45) is 0 Å². The second-order valence-electron chi connectivity index (χ2n) is 8.89. The molecule has 0 spiro atoms. The van der Waals surface area contributed by atoms with Crippen molar-refractivity contribution >= 4 is 30.6 Å².